The van der Waals surface area contributed by atoms with Crippen LogP contribution in [0.4, 0.5) is 0 Å². The standard InChI is InChI=1S/C15H32N4O3S/c1-13(2,19-23(8,20)21)10-17-12(16-6)18-11-9-15(5,22-7)14(11,3)4/h11,19H,9-10H2,1-8H3,(H2,16,17,18). The third-order valence-electron chi connectivity index (χ3n) is 4.97. The first-order valence-electron chi connectivity index (χ1n) is 7.78. The van der Waals surface area contributed by atoms with Gasteiger partial charge in [0, 0.05) is 37.7 Å². The van der Waals surface area contributed by atoms with Crippen molar-refractivity contribution < 1.29 is 13.2 Å². The van der Waals surface area contributed by atoms with Crippen LogP contribution in [0.5, 0.6) is 0 Å². The Labute approximate surface area is 140 Å². The van der Waals surface area contributed by atoms with Crippen LogP contribution in [0.15, 0.2) is 4.99 Å². The van der Waals surface area contributed by atoms with E-state index in [4.69, 9.17) is 4.74 Å². The molecule has 1 aliphatic carbocycles. The molecule has 0 aromatic carbocycles. The van der Waals surface area contributed by atoms with Crippen molar-refractivity contribution in [3.05, 3.63) is 0 Å². The van der Waals surface area contributed by atoms with E-state index in [-0.39, 0.29) is 17.1 Å². The minimum atomic E-state index is -3.26. The number of guanidine groups is 1. The molecule has 0 heterocycles. The molecule has 0 radical (unpaired) electrons. The molecule has 0 aliphatic heterocycles. The number of rotatable bonds is 6. The highest BCUT2D eigenvalue weighted by atomic mass is 32.2. The minimum Gasteiger partial charge on any atom is -0.378 e. The highest BCUT2D eigenvalue weighted by molar-refractivity contribution is 7.88. The summed E-state index contributed by atoms with van der Waals surface area (Å²) in [6.07, 6.45) is 2.05. The summed E-state index contributed by atoms with van der Waals surface area (Å²) in [5, 5.41) is 6.59. The lowest BCUT2D eigenvalue weighted by Crippen LogP contribution is -2.69. The minimum absolute atomic E-state index is 0.0279. The fourth-order valence-corrected chi connectivity index (χ4v) is 4.00. The van der Waals surface area contributed by atoms with Crippen LogP contribution in [0.3, 0.4) is 0 Å². The zero-order chi connectivity index (χ0) is 18.1. The van der Waals surface area contributed by atoms with E-state index in [1.54, 1.807) is 14.2 Å². The second-order valence-electron chi connectivity index (χ2n) is 7.74. The van der Waals surface area contributed by atoms with Crippen LogP contribution in [0.2, 0.25) is 0 Å². The van der Waals surface area contributed by atoms with Crippen LogP contribution in [0.1, 0.15) is 41.0 Å². The first kappa shape index (κ1) is 20.2. The average Bonchev–Trinajstić information content (AvgIpc) is 2.39. The van der Waals surface area contributed by atoms with E-state index in [2.05, 4.69) is 41.1 Å². The van der Waals surface area contributed by atoms with E-state index < -0.39 is 15.6 Å². The Bertz CT molecular complexity index is 557. The van der Waals surface area contributed by atoms with Crippen LogP contribution in [0, 0.1) is 5.41 Å². The van der Waals surface area contributed by atoms with Crippen LogP contribution in [0.25, 0.3) is 0 Å². The van der Waals surface area contributed by atoms with Crippen molar-refractivity contribution in [2.45, 2.75) is 58.2 Å². The molecule has 1 saturated carbocycles. The number of hydrogen-bond acceptors (Lipinski definition) is 4. The zero-order valence-corrected chi connectivity index (χ0v) is 16.4. The van der Waals surface area contributed by atoms with Gasteiger partial charge in [0.15, 0.2) is 5.96 Å². The van der Waals surface area contributed by atoms with Gasteiger partial charge in [0.05, 0.1) is 11.9 Å². The third kappa shape index (κ3) is 4.81. The summed E-state index contributed by atoms with van der Waals surface area (Å²) >= 11 is 0. The Morgan fingerprint density at radius 2 is 1.91 bits per heavy atom. The number of nitrogens with zero attached hydrogens (tertiary/aromatic N) is 1. The van der Waals surface area contributed by atoms with Gasteiger partial charge in [-0.2, -0.15) is 0 Å². The molecule has 1 fully saturated rings. The SMILES string of the molecule is CN=C(NCC(C)(C)NS(C)(=O)=O)NC1CC(C)(OC)C1(C)C. The molecule has 1 rings (SSSR count). The van der Waals surface area contributed by atoms with Gasteiger partial charge < -0.3 is 15.4 Å². The number of ether oxygens (including phenoxy) is 1. The summed E-state index contributed by atoms with van der Waals surface area (Å²) in [6, 6.07) is 0.240. The maximum atomic E-state index is 11.4. The van der Waals surface area contributed by atoms with Gasteiger partial charge in [-0.3, -0.25) is 4.99 Å². The Balaban J connectivity index is 2.61. The topological polar surface area (TPSA) is 91.8 Å². The van der Waals surface area contributed by atoms with E-state index in [9.17, 15) is 8.42 Å². The quantitative estimate of drug-likeness (QED) is 0.485. The molecule has 0 saturated heterocycles. The van der Waals surface area contributed by atoms with E-state index in [0.29, 0.717) is 12.5 Å². The fraction of sp³-hybridized carbons (Fsp3) is 0.933. The normalized spacial score (nSPS) is 28.2. The van der Waals surface area contributed by atoms with Gasteiger partial charge in [0.1, 0.15) is 0 Å². The van der Waals surface area contributed by atoms with Crippen LogP contribution in [-0.2, 0) is 14.8 Å². The van der Waals surface area contributed by atoms with Crippen molar-refractivity contribution in [3.8, 4) is 0 Å². The molecule has 0 aromatic rings. The Hall–Kier alpha value is -0.860. The smallest absolute Gasteiger partial charge is 0.209 e. The number of hydrogen-bond donors (Lipinski definition) is 3. The highest BCUT2D eigenvalue weighted by Crippen LogP contribution is 2.51. The van der Waals surface area contributed by atoms with Crippen LogP contribution < -0.4 is 15.4 Å². The molecule has 0 bridgehead atoms. The van der Waals surface area contributed by atoms with E-state index >= 15 is 0 Å². The second-order valence-corrected chi connectivity index (χ2v) is 9.49. The molecule has 7 nitrogen and oxygen atoms in total. The lowest BCUT2D eigenvalue weighted by atomic mass is 9.56. The Morgan fingerprint density at radius 3 is 2.30 bits per heavy atom. The summed E-state index contributed by atoms with van der Waals surface area (Å²) in [6.45, 7) is 10.5. The molecule has 0 amide bonds. The summed E-state index contributed by atoms with van der Waals surface area (Å²) in [7, 11) is 0.185. The van der Waals surface area contributed by atoms with E-state index in [1.165, 1.54) is 0 Å². The van der Waals surface area contributed by atoms with Gasteiger partial charge in [-0.25, -0.2) is 13.1 Å². The molecule has 0 aromatic heterocycles. The first-order chi connectivity index (χ1) is 10.3. The molecule has 136 valence electrons. The van der Waals surface area contributed by atoms with Crippen LogP contribution >= 0.6 is 0 Å². The lowest BCUT2D eigenvalue weighted by Gasteiger charge is -2.59. The maximum absolute atomic E-state index is 11.4. The van der Waals surface area contributed by atoms with Gasteiger partial charge in [0.2, 0.25) is 10.0 Å². The van der Waals surface area contributed by atoms with Crippen molar-refractivity contribution in [3.63, 3.8) is 0 Å². The largest absolute Gasteiger partial charge is 0.378 e. The zero-order valence-electron chi connectivity index (χ0n) is 15.6. The predicted molar refractivity (Wildman–Crippen MR) is 94.2 cm³/mol. The Kier molecular flexibility index (Phi) is 5.76. The van der Waals surface area contributed by atoms with Crippen molar-refractivity contribution >= 4 is 16.0 Å². The number of methoxy groups -OCH3 is 1. The van der Waals surface area contributed by atoms with Crippen molar-refractivity contribution in [2.24, 2.45) is 10.4 Å². The number of aliphatic imine (C=N–C) groups is 1. The third-order valence-corrected chi connectivity index (χ3v) is 5.90. The molecule has 23 heavy (non-hydrogen) atoms. The monoisotopic (exact) mass is 348 g/mol. The number of nitrogens with one attached hydrogen (secondary N) is 3. The van der Waals surface area contributed by atoms with Crippen molar-refractivity contribution in [1.82, 2.24) is 15.4 Å². The van der Waals surface area contributed by atoms with Gasteiger partial charge >= 0.3 is 0 Å². The van der Waals surface area contributed by atoms with Gasteiger partial charge in [-0.15, -0.1) is 0 Å². The molecule has 2 unspecified atom stereocenters. The maximum Gasteiger partial charge on any atom is 0.209 e. The number of sulfonamides is 1. The molecular formula is C15H32N4O3S. The molecule has 8 heteroatoms. The second kappa shape index (κ2) is 6.57. The van der Waals surface area contributed by atoms with Crippen LogP contribution in [-0.4, -0.2) is 58.5 Å². The van der Waals surface area contributed by atoms with Gasteiger partial charge in [-0.05, 0) is 27.2 Å². The van der Waals surface area contributed by atoms with E-state index in [0.717, 1.165) is 12.7 Å². The average molecular weight is 349 g/mol. The molecule has 2 atom stereocenters. The van der Waals surface area contributed by atoms with E-state index in [1.807, 2.05) is 13.8 Å². The summed E-state index contributed by atoms with van der Waals surface area (Å²) < 4.78 is 31.0. The van der Waals surface area contributed by atoms with Gasteiger partial charge in [-0.1, -0.05) is 13.8 Å². The highest BCUT2D eigenvalue weighted by Gasteiger charge is 2.58. The summed E-state index contributed by atoms with van der Waals surface area (Å²) in [5.41, 5.74) is -0.790. The summed E-state index contributed by atoms with van der Waals surface area (Å²) in [4.78, 5) is 4.22. The summed E-state index contributed by atoms with van der Waals surface area (Å²) in [5.74, 6) is 0.657. The Morgan fingerprint density at radius 1 is 1.35 bits per heavy atom. The lowest BCUT2D eigenvalue weighted by molar-refractivity contribution is -0.176. The van der Waals surface area contributed by atoms with Crippen molar-refractivity contribution in [1.29, 1.82) is 0 Å². The first-order valence-corrected chi connectivity index (χ1v) is 9.67. The molecule has 3 N–H and O–H groups in total. The molecular weight excluding hydrogens is 316 g/mol. The predicted octanol–water partition coefficient (Wildman–Crippen LogP) is 0.683. The van der Waals surface area contributed by atoms with Crippen molar-refractivity contribution in [2.75, 3.05) is 27.0 Å². The molecule has 0 spiro atoms. The van der Waals surface area contributed by atoms with Gasteiger partial charge in [0.25, 0.3) is 0 Å². The molecule has 1 aliphatic rings. The fourth-order valence-electron chi connectivity index (χ4n) is 2.93.